The molecule has 0 spiro atoms. The number of nitrogens with one attached hydrogen (secondary N) is 1. The van der Waals surface area contributed by atoms with Gasteiger partial charge in [0, 0.05) is 6.04 Å². The lowest BCUT2D eigenvalue weighted by atomic mass is 9.79. The predicted octanol–water partition coefficient (Wildman–Crippen LogP) is 3.33. The molecule has 1 aromatic carbocycles. The number of hydrogen-bond acceptors (Lipinski definition) is 1. The lowest BCUT2D eigenvalue weighted by Crippen LogP contribution is -2.23. The van der Waals surface area contributed by atoms with Crippen molar-refractivity contribution >= 4 is 0 Å². The van der Waals surface area contributed by atoms with Crippen LogP contribution in [0.1, 0.15) is 60.4 Å². The second-order valence-electron chi connectivity index (χ2n) is 5.42. The minimum atomic E-state index is 0.595. The first kappa shape index (κ1) is 10.3. The Labute approximate surface area is 98.3 Å². The highest BCUT2D eigenvalue weighted by Gasteiger charge is 2.26. The maximum Gasteiger partial charge on any atom is 0.0320 e. The molecule has 0 saturated carbocycles. The number of benzene rings is 1. The molecule has 0 amide bonds. The zero-order valence-corrected chi connectivity index (χ0v) is 10.3. The van der Waals surface area contributed by atoms with Crippen LogP contribution in [0.3, 0.4) is 0 Å². The van der Waals surface area contributed by atoms with E-state index in [2.05, 4.69) is 31.4 Å². The summed E-state index contributed by atoms with van der Waals surface area (Å²) in [7, 11) is 2.09. The lowest BCUT2D eigenvalue weighted by molar-refractivity contribution is 0.459. The zero-order chi connectivity index (χ0) is 11.1. The Hall–Kier alpha value is -0.820. The summed E-state index contributed by atoms with van der Waals surface area (Å²) in [5.41, 5.74) is 6.45. The largest absolute Gasteiger partial charge is 0.313 e. The summed E-state index contributed by atoms with van der Waals surface area (Å²) >= 11 is 0. The molecule has 2 unspecified atom stereocenters. The van der Waals surface area contributed by atoms with Gasteiger partial charge in [-0.2, -0.15) is 0 Å². The highest BCUT2D eigenvalue weighted by Crippen LogP contribution is 2.40. The van der Waals surface area contributed by atoms with Crippen molar-refractivity contribution < 1.29 is 0 Å². The Bertz CT molecular complexity index is 408. The zero-order valence-electron chi connectivity index (χ0n) is 10.3. The van der Waals surface area contributed by atoms with E-state index in [-0.39, 0.29) is 0 Å². The van der Waals surface area contributed by atoms with Crippen molar-refractivity contribution in [3.63, 3.8) is 0 Å². The predicted molar refractivity (Wildman–Crippen MR) is 67.9 cm³/mol. The lowest BCUT2D eigenvalue weighted by Gasteiger charge is -2.30. The fraction of sp³-hybridized carbons (Fsp3) is 0.600. The van der Waals surface area contributed by atoms with Gasteiger partial charge in [-0.25, -0.2) is 0 Å². The Morgan fingerprint density at radius 3 is 2.44 bits per heavy atom. The smallest absolute Gasteiger partial charge is 0.0320 e. The minimum Gasteiger partial charge on any atom is -0.313 e. The molecular formula is C15H21N. The molecular weight excluding hydrogens is 194 g/mol. The van der Waals surface area contributed by atoms with Crippen LogP contribution in [0, 0.1) is 0 Å². The summed E-state index contributed by atoms with van der Waals surface area (Å²) in [4.78, 5) is 0. The third-order valence-corrected chi connectivity index (χ3v) is 4.44. The van der Waals surface area contributed by atoms with Crippen LogP contribution >= 0.6 is 0 Å². The maximum absolute atomic E-state index is 3.47. The third kappa shape index (κ3) is 1.49. The molecule has 1 aromatic rings. The van der Waals surface area contributed by atoms with E-state index in [0.29, 0.717) is 6.04 Å². The van der Waals surface area contributed by atoms with Gasteiger partial charge in [0.2, 0.25) is 0 Å². The Kier molecular flexibility index (Phi) is 2.51. The summed E-state index contributed by atoms with van der Waals surface area (Å²) < 4.78 is 0. The molecule has 0 heterocycles. The Morgan fingerprint density at radius 1 is 1.06 bits per heavy atom. The van der Waals surface area contributed by atoms with Crippen molar-refractivity contribution in [3.05, 3.63) is 34.4 Å². The molecule has 1 nitrogen and oxygen atoms in total. The second-order valence-corrected chi connectivity index (χ2v) is 5.42. The van der Waals surface area contributed by atoms with Gasteiger partial charge in [-0.15, -0.1) is 0 Å². The number of aryl methyl sites for hydroxylation is 2. The fourth-order valence-electron chi connectivity index (χ4n) is 3.42. The molecule has 3 rings (SSSR count). The van der Waals surface area contributed by atoms with Crippen LogP contribution < -0.4 is 5.32 Å². The van der Waals surface area contributed by atoms with Crippen molar-refractivity contribution in [1.82, 2.24) is 5.32 Å². The summed E-state index contributed by atoms with van der Waals surface area (Å²) in [5, 5.41) is 3.47. The molecule has 0 bridgehead atoms. The molecule has 0 fully saturated rings. The summed E-state index contributed by atoms with van der Waals surface area (Å²) in [6, 6.07) is 5.59. The van der Waals surface area contributed by atoms with Gasteiger partial charge in [-0.3, -0.25) is 0 Å². The summed E-state index contributed by atoms with van der Waals surface area (Å²) in [6.45, 7) is 2.38. The third-order valence-electron chi connectivity index (χ3n) is 4.44. The molecule has 2 aliphatic carbocycles. The monoisotopic (exact) mass is 215 g/mol. The molecule has 16 heavy (non-hydrogen) atoms. The van der Waals surface area contributed by atoms with Gasteiger partial charge in [0.1, 0.15) is 0 Å². The van der Waals surface area contributed by atoms with Crippen LogP contribution in [0.5, 0.6) is 0 Å². The van der Waals surface area contributed by atoms with Gasteiger partial charge >= 0.3 is 0 Å². The average Bonchev–Trinajstić information content (AvgIpc) is 2.75. The van der Waals surface area contributed by atoms with Crippen LogP contribution in [0.15, 0.2) is 12.1 Å². The Morgan fingerprint density at radius 2 is 1.75 bits per heavy atom. The molecule has 0 aliphatic heterocycles. The van der Waals surface area contributed by atoms with E-state index < -0.39 is 0 Å². The highest BCUT2D eigenvalue weighted by molar-refractivity contribution is 5.45. The summed E-state index contributed by atoms with van der Waals surface area (Å²) in [6.07, 6.45) is 6.59. The van der Waals surface area contributed by atoms with E-state index >= 15 is 0 Å². The second kappa shape index (κ2) is 3.89. The van der Waals surface area contributed by atoms with E-state index in [1.165, 1.54) is 32.1 Å². The van der Waals surface area contributed by atoms with Crippen LogP contribution in [0.25, 0.3) is 0 Å². The van der Waals surface area contributed by atoms with Gasteiger partial charge in [-0.1, -0.05) is 19.1 Å². The van der Waals surface area contributed by atoms with E-state index in [9.17, 15) is 0 Å². The van der Waals surface area contributed by atoms with Crippen molar-refractivity contribution in [2.45, 2.75) is 51.0 Å². The molecule has 1 N–H and O–H groups in total. The Balaban J connectivity index is 2.11. The van der Waals surface area contributed by atoms with Gasteiger partial charge in [-0.05, 0) is 67.3 Å². The average molecular weight is 215 g/mol. The van der Waals surface area contributed by atoms with Gasteiger partial charge in [0.05, 0.1) is 0 Å². The first-order valence-electron chi connectivity index (χ1n) is 6.62. The van der Waals surface area contributed by atoms with E-state index in [1.54, 1.807) is 22.3 Å². The van der Waals surface area contributed by atoms with Crippen molar-refractivity contribution in [2.75, 3.05) is 7.05 Å². The van der Waals surface area contributed by atoms with Gasteiger partial charge in [0.25, 0.3) is 0 Å². The molecule has 0 radical (unpaired) electrons. The fourth-order valence-corrected chi connectivity index (χ4v) is 3.42. The molecule has 86 valence electrons. The van der Waals surface area contributed by atoms with Crippen LogP contribution in [-0.4, -0.2) is 7.05 Å². The first-order valence-corrected chi connectivity index (χ1v) is 6.62. The normalized spacial score (nSPS) is 27.6. The molecule has 0 saturated heterocycles. The quantitative estimate of drug-likeness (QED) is 0.757. The molecule has 1 heteroatoms. The number of rotatable bonds is 1. The molecule has 0 aromatic heterocycles. The SMILES string of the molecule is CNC1CCC(C)c2cc3c(cc21)CCC3. The minimum absolute atomic E-state index is 0.595. The molecule has 2 atom stereocenters. The highest BCUT2D eigenvalue weighted by atomic mass is 14.9. The van der Waals surface area contributed by atoms with Crippen molar-refractivity contribution in [2.24, 2.45) is 0 Å². The van der Waals surface area contributed by atoms with Crippen LogP contribution in [-0.2, 0) is 12.8 Å². The molecule has 2 aliphatic rings. The summed E-state index contributed by atoms with van der Waals surface area (Å²) in [5.74, 6) is 0.755. The number of hydrogen-bond donors (Lipinski definition) is 1. The van der Waals surface area contributed by atoms with E-state index in [0.717, 1.165) is 5.92 Å². The van der Waals surface area contributed by atoms with Gasteiger partial charge < -0.3 is 5.32 Å². The van der Waals surface area contributed by atoms with Crippen LogP contribution in [0.4, 0.5) is 0 Å². The van der Waals surface area contributed by atoms with Crippen LogP contribution in [0.2, 0.25) is 0 Å². The van der Waals surface area contributed by atoms with E-state index in [1.807, 2.05) is 0 Å². The van der Waals surface area contributed by atoms with Crippen molar-refractivity contribution in [3.8, 4) is 0 Å². The first-order chi connectivity index (χ1) is 7.79. The standard InChI is InChI=1S/C15H21N/c1-10-6-7-15(16-2)14-9-12-5-3-4-11(12)8-13(10)14/h8-10,15-16H,3-7H2,1-2H3. The van der Waals surface area contributed by atoms with Crippen molar-refractivity contribution in [1.29, 1.82) is 0 Å². The number of fused-ring (bicyclic) bond motifs is 2. The van der Waals surface area contributed by atoms with E-state index in [4.69, 9.17) is 0 Å². The van der Waals surface area contributed by atoms with Gasteiger partial charge in [0.15, 0.2) is 0 Å². The maximum atomic E-state index is 3.47. The topological polar surface area (TPSA) is 12.0 Å².